The third-order valence-corrected chi connectivity index (χ3v) is 7.29. The SMILES string of the molecule is CCCCCCCCCCCCCCCCCCC(CC(CCC)CCCCC)C(=O)O. The Morgan fingerprint density at radius 2 is 0.875 bits per heavy atom. The average molecular weight is 453 g/mol. The van der Waals surface area contributed by atoms with Gasteiger partial charge >= 0.3 is 5.97 Å². The Hall–Kier alpha value is -0.530. The highest BCUT2D eigenvalue weighted by Crippen LogP contribution is 2.27. The second-order valence-corrected chi connectivity index (χ2v) is 10.5. The summed E-state index contributed by atoms with van der Waals surface area (Å²) in [5.74, 6) is -0.0453. The van der Waals surface area contributed by atoms with Crippen molar-refractivity contribution in [1.82, 2.24) is 0 Å². The van der Waals surface area contributed by atoms with E-state index in [-0.39, 0.29) is 5.92 Å². The highest BCUT2D eigenvalue weighted by molar-refractivity contribution is 5.69. The minimum Gasteiger partial charge on any atom is -0.481 e. The van der Waals surface area contributed by atoms with Crippen molar-refractivity contribution in [3.63, 3.8) is 0 Å². The van der Waals surface area contributed by atoms with E-state index < -0.39 is 5.97 Å². The number of unbranched alkanes of at least 4 members (excludes halogenated alkanes) is 17. The van der Waals surface area contributed by atoms with Crippen LogP contribution in [-0.4, -0.2) is 11.1 Å². The van der Waals surface area contributed by atoms with Crippen molar-refractivity contribution in [3.05, 3.63) is 0 Å². The van der Waals surface area contributed by atoms with Crippen molar-refractivity contribution in [2.45, 2.75) is 175 Å². The highest BCUT2D eigenvalue weighted by Gasteiger charge is 2.21. The zero-order valence-electron chi connectivity index (χ0n) is 22.5. The standard InChI is InChI=1S/C30H60O2/c1-4-7-9-10-11-12-13-14-15-16-17-18-19-20-21-23-26-29(30(31)32)27-28(24-6-3)25-22-8-5-2/h28-29H,4-27H2,1-3H3,(H,31,32). The zero-order chi connectivity index (χ0) is 23.7. The molecule has 0 rings (SSSR count). The number of carbonyl (C=O) groups is 1. The summed E-state index contributed by atoms with van der Waals surface area (Å²) in [6.07, 6.45) is 31.2. The number of hydrogen-bond donors (Lipinski definition) is 1. The molecule has 0 aromatic rings. The first-order chi connectivity index (χ1) is 15.7. The summed E-state index contributed by atoms with van der Waals surface area (Å²) in [5, 5.41) is 9.69. The molecule has 32 heavy (non-hydrogen) atoms. The second kappa shape index (κ2) is 25.1. The quantitative estimate of drug-likeness (QED) is 0.132. The fourth-order valence-corrected chi connectivity index (χ4v) is 5.15. The lowest BCUT2D eigenvalue weighted by atomic mass is 9.85. The molecule has 2 heteroatoms. The van der Waals surface area contributed by atoms with E-state index >= 15 is 0 Å². The summed E-state index contributed by atoms with van der Waals surface area (Å²) >= 11 is 0. The van der Waals surface area contributed by atoms with E-state index in [0.717, 1.165) is 19.3 Å². The lowest BCUT2D eigenvalue weighted by Gasteiger charge is -2.21. The Bertz CT molecular complexity index is 379. The van der Waals surface area contributed by atoms with Crippen LogP contribution in [0.5, 0.6) is 0 Å². The van der Waals surface area contributed by atoms with Crippen LogP contribution >= 0.6 is 0 Å². The summed E-state index contributed by atoms with van der Waals surface area (Å²) in [6.45, 7) is 6.76. The fourth-order valence-electron chi connectivity index (χ4n) is 5.15. The van der Waals surface area contributed by atoms with Crippen LogP contribution in [0.3, 0.4) is 0 Å². The van der Waals surface area contributed by atoms with Gasteiger partial charge in [-0.1, -0.05) is 162 Å². The van der Waals surface area contributed by atoms with Crippen LogP contribution in [0.25, 0.3) is 0 Å². The molecule has 0 amide bonds. The van der Waals surface area contributed by atoms with E-state index in [2.05, 4.69) is 20.8 Å². The molecule has 2 unspecified atom stereocenters. The first-order valence-corrected chi connectivity index (χ1v) is 14.9. The smallest absolute Gasteiger partial charge is 0.306 e. The molecule has 0 heterocycles. The van der Waals surface area contributed by atoms with Crippen molar-refractivity contribution in [2.24, 2.45) is 11.8 Å². The molecule has 0 aliphatic rings. The van der Waals surface area contributed by atoms with Crippen LogP contribution in [-0.2, 0) is 4.79 Å². The Morgan fingerprint density at radius 1 is 0.500 bits per heavy atom. The Morgan fingerprint density at radius 3 is 1.28 bits per heavy atom. The maximum absolute atomic E-state index is 11.8. The number of aliphatic carboxylic acids is 1. The van der Waals surface area contributed by atoms with E-state index in [9.17, 15) is 9.90 Å². The van der Waals surface area contributed by atoms with Crippen LogP contribution in [0.1, 0.15) is 175 Å². The summed E-state index contributed by atoms with van der Waals surface area (Å²) < 4.78 is 0. The molecule has 0 aliphatic carbocycles. The zero-order valence-corrected chi connectivity index (χ0v) is 22.5. The van der Waals surface area contributed by atoms with Gasteiger partial charge in [0.05, 0.1) is 5.92 Å². The molecule has 0 aromatic carbocycles. The van der Waals surface area contributed by atoms with Gasteiger partial charge in [0.25, 0.3) is 0 Å². The van der Waals surface area contributed by atoms with Crippen LogP contribution in [0.4, 0.5) is 0 Å². The van der Waals surface area contributed by atoms with Crippen molar-refractivity contribution in [2.75, 3.05) is 0 Å². The Balaban J connectivity index is 3.63. The molecule has 1 N–H and O–H groups in total. The predicted octanol–water partition coefficient (Wildman–Crippen LogP) is 10.7. The normalized spacial score (nSPS) is 13.3. The molecule has 0 aromatic heterocycles. The molecule has 2 nitrogen and oxygen atoms in total. The molecular formula is C30H60O2. The van der Waals surface area contributed by atoms with Crippen LogP contribution in [0.2, 0.25) is 0 Å². The molecule has 0 bridgehead atoms. The van der Waals surface area contributed by atoms with Gasteiger partial charge in [0.2, 0.25) is 0 Å². The minimum atomic E-state index is -0.553. The molecule has 0 radical (unpaired) electrons. The minimum absolute atomic E-state index is 0.111. The summed E-state index contributed by atoms with van der Waals surface area (Å²) in [5.41, 5.74) is 0. The molecule has 0 saturated carbocycles. The predicted molar refractivity (Wildman–Crippen MR) is 142 cm³/mol. The maximum atomic E-state index is 11.8. The largest absolute Gasteiger partial charge is 0.481 e. The van der Waals surface area contributed by atoms with Gasteiger partial charge < -0.3 is 5.11 Å². The third kappa shape index (κ3) is 21.3. The van der Waals surface area contributed by atoms with Gasteiger partial charge in [0.1, 0.15) is 0 Å². The lowest BCUT2D eigenvalue weighted by molar-refractivity contribution is -0.142. The fraction of sp³-hybridized carbons (Fsp3) is 0.967. The maximum Gasteiger partial charge on any atom is 0.306 e. The van der Waals surface area contributed by atoms with Crippen molar-refractivity contribution >= 4 is 5.97 Å². The number of carboxylic acids is 1. The topological polar surface area (TPSA) is 37.3 Å². The number of rotatable bonds is 26. The molecule has 0 aliphatic heterocycles. The van der Waals surface area contributed by atoms with Crippen LogP contribution in [0, 0.1) is 11.8 Å². The first kappa shape index (κ1) is 31.5. The van der Waals surface area contributed by atoms with Crippen molar-refractivity contribution < 1.29 is 9.90 Å². The summed E-state index contributed by atoms with van der Waals surface area (Å²) in [4.78, 5) is 11.8. The summed E-state index contributed by atoms with van der Waals surface area (Å²) in [7, 11) is 0. The van der Waals surface area contributed by atoms with Crippen LogP contribution < -0.4 is 0 Å². The third-order valence-electron chi connectivity index (χ3n) is 7.29. The van der Waals surface area contributed by atoms with Gasteiger partial charge in [0, 0.05) is 0 Å². The monoisotopic (exact) mass is 452 g/mol. The van der Waals surface area contributed by atoms with E-state index in [1.165, 1.54) is 135 Å². The van der Waals surface area contributed by atoms with Gasteiger partial charge in [-0.05, 0) is 18.8 Å². The van der Waals surface area contributed by atoms with Gasteiger partial charge in [-0.25, -0.2) is 0 Å². The van der Waals surface area contributed by atoms with Gasteiger partial charge in [0.15, 0.2) is 0 Å². The Labute approximate surface area is 202 Å². The number of hydrogen-bond acceptors (Lipinski definition) is 1. The van der Waals surface area contributed by atoms with Crippen molar-refractivity contribution in [3.8, 4) is 0 Å². The van der Waals surface area contributed by atoms with Crippen LogP contribution in [0.15, 0.2) is 0 Å². The van der Waals surface area contributed by atoms with E-state index in [1.54, 1.807) is 0 Å². The van der Waals surface area contributed by atoms with E-state index in [0.29, 0.717) is 5.92 Å². The van der Waals surface area contributed by atoms with E-state index in [4.69, 9.17) is 0 Å². The molecule has 0 fully saturated rings. The van der Waals surface area contributed by atoms with Gasteiger partial charge in [-0.3, -0.25) is 4.79 Å². The molecule has 0 saturated heterocycles. The van der Waals surface area contributed by atoms with Gasteiger partial charge in [-0.2, -0.15) is 0 Å². The van der Waals surface area contributed by atoms with Crippen molar-refractivity contribution in [1.29, 1.82) is 0 Å². The molecular weight excluding hydrogens is 392 g/mol. The molecule has 2 atom stereocenters. The Kier molecular flexibility index (Phi) is 24.7. The molecule has 0 spiro atoms. The van der Waals surface area contributed by atoms with Gasteiger partial charge in [-0.15, -0.1) is 0 Å². The lowest BCUT2D eigenvalue weighted by Crippen LogP contribution is -2.18. The average Bonchev–Trinajstić information content (AvgIpc) is 2.78. The number of carboxylic acid groups (broad SMARTS) is 1. The highest BCUT2D eigenvalue weighted by atomic mass is 16.4. The first-order valence-electron chi connectivity index (χ1n) is 14.9. The molecule has 192 valence electrons. The summed E-state index contributed by atoms with van der Waals surface area (Å²) in [6, 6.07) is 0. The second-order valence-electron chi connectivity index (χ2n) is 10.5. The van der Waals surface area contributed by atoms with E-state index in [1.807, 2.05) is 0 Å².